The fourth-order valence-electron chi connectivity index (χ4n) is 2.97. The van der Waals surface area contributed by atoms with Crippen LogP contribution in [0, 0.1) is 11.6 Å². The summed E-state index contributed by atoms with van der Waals surface area (Å²) in [4.78, 5) is 21.2. The number of hydrogen-bond acceptors (Lipinski definition) is 3. The molecule has 2 heterocycles. The molecule has 0 aliphatic heterocycles. The van der Waals surface area contributed by atoms with Crippen LogP contribution in [0.4, 0.5) is 8.78 Å². The van der Waals surface area contributed by atoms with Crippen molar-refractivity contribution in [3.63, 3.8) is 0 Å². The third-order valence-electron chi connectivity index (χ3n) is 4.33. The van der Waals surface area contributed by atoms with Crippen LogP contribution in [-0.2, 0) is 6.54 Å². The Hall–Kier alpha value is -3.61. The summed E-state index contributed by atoms with van der Waals surface area (Å²) in [7, 11) is 0. The minimum absolute atomic E-state index is 0.291. The summed E-state index contributed by atoms with van der Waals surface area (Å²) in [5, 5.41) is 2.81. The van der Waals surface area contributed by atoms with E-state index in [1.807, 2.05) is 10.6 Å². The monoisotopic (exact) mass is 378 g/mol. The summed E-state index contributed by atoms with van der Waals surface area (Å²) in [6.07, 6.45) is 1.67. The molecule has 0 fully saturated rings. The first kappa shape index (κ1) is 17.8. The Kier molecular flexibility index (Phi) is 4.80. The topological polar surface area (TPSA) is 59.8 Å². The fourth-order valence-corrected chi connectivity index (χ4v) is 2.97. The molecule has 0 bridgehead atoms. The number of pyridine rings is 1. The van der Waals surface area contributed by atoms with Gasteiger partial charge in [-0.05, 0) is 60.7 Å². The molecule has 5 nitrogen and oxygen atoms in total. The Morgan fingerprint density at radius 3 is 2.36 bits per heavy atom. The van der Waals surface area contributed by atoms with Gasteiger partial charge in [0, 0.05) is 30.4 Å². The minimum Gasteiger partial charge on any atom is -0.350 e. The van der Waals surface area contributed by atoms with Crippen LogP contribution >= 0.6 is 0 Å². The molecule has 7 heteroatoms. The first-order chi connectivity index (χ1) is 13.6. The summed E-state index contributed by atoms with van der Waals surface area (Å²) >= 11 is 0. The maximum Gasteiger partial charge on any atom is 0.251 e. The van der Waals surface area contributed by atoms with Gasteiger partial charge in [-0.1, -0.05) is 0 Å². The van der Waals surface area contributed by atoms with E-state index in [0.29, 0.717) is 35.6 Å². The first-order valence-electron chi connectivity index (χ1n) is 8.73. The van der Waals surface area contributed by atoms with Crippen LogP contribution in [0.5, 0.6) is 0 Å². The van der Waals surface area contributed by atoms with Gasteiger partial charge in [0.25, 0.3) is 5.91 Å². The minimum atomic E-state index is -0.392. The van der Waals surface area contributed by atoms with Crippen molar-refractivity contribution >= 4 is 17.1 Å². The van der Waals surface area contributed by atoms with Gasteiger partial charge in [0.15, 0.2) is 5.65 Å². The van der Waals surface area contributed by atoms with Crippen molar-refractivity contribution in [3.8, 4) is 11.4 Å². The number of rotatable bonds is 5. The molecular formula is C21H16F2N4O. The van der Waals surface area contributed by atoms with E-state index in [1.54, 1.807) is 24.4 Å². The highest BCUT2D eigenvalue weighted by molar-refractivity contribution is 5.94. The van der Waals surface area contributed by atoms with Crippen LogP contribution in [0.25, 0.3) is 22.6 Å². The number of nitrogens with one attached hydrogen (secondary N) is 1. The van der Waals surface area contributed by atoms with E-state index in [1.165, 1.54) is 36.4 Å². The lowest BCUT2D eigenvalue weighted by molar-refractivity contribution is 0.0952. The van der Waals surface area contributed by atoms with E-state index in [-0.39, 0.29) is 11.7 Å². The van der Waals surface area contributed by atoms with Crippen molar-refractivity contribution in [2.75, 3.05) is 6.54 Å². The highest BCUT2D eigenvalue weighted by Gasteiger charge is 2.14. The van der Waals surface area contributed by atoms with Gasteiger partial charge < -0.3 is 9.88 Å². The molecule has 1 amide bonds. The molecular weight excluding hydrogens is 362 g/mol. The predicted molar refractivity (Wildman–Crippen MR) is 102 cm³/mol. The van der Waals surface area contributed by atoms with E-state index >= 15 is 0 Å². The van der Waals surface area contributed by atoms with E-state index < -0.39 is 5.82 Å². The standard InChI is InChI=1S/C21H16F2N4O/c22-16-7-3-14(4-8-16)19-26-18-2-1-11-24-20(18)27(19)13-12-25-21(28)15-5-9-17(23)10-6-15/h1-11H,12-13H2,(H,25,28). The number of fused-ring (bicyclic) bond motifs is 1. The third-order valence-corrected chi connectivity index (χ3v) is 4.33. The Bertz CT molecular complexity index is 1120. The molecule has 28 heavy (non-hydrogen) atoms. The zero-order chi connectivity index (χ0) is 19.5. The lowest BCUT2D eigenvalue weighted by Gasteiger charge is -2.10. The molecule has 1 N–H and O–H groups in total. The number of benzene rings is 2. The lowest BCUT2D eigenvalue weighted by Crippen LogP contribution is -2.27. The summed E-state index contributed by atoms with van der Waals surface area (Å²) in [5.41, 5.74) is 2.53. The maximum atomic E-state index is 13.3. The molecule has 140 valence electrons. The Morgan fingerprint density at radius 2 is 1.64 bits per heavy atom. The quantitative estimate of drug-likeness (QED) is 0.575. The number of aromatic nitrogens is 3. The first-order valence-corrected chi connectivity index (χ1v) is 8.73. The second-order valence-corrected chi connectivity index (χ2v) is 6.20. The number of imidazole rings is 1. The summed E-state index contributed by atoms with van der Waals surface area (Å²) in [5.74, 6) is -0.363. The second kappa shape index (κ2) is 7.56. The van der Waals surface area contributed by atoms with Crippen LogP contribution < -0.4 is 5.32 Å². The zero-order valence-corrected chi connectivity index (χ0v) is 14.8. The van der Waals surface area contributed by atoms with Gasteiger partial charge in [-0.25, -0.2) is 18.7 Å². The Labute approximate surface area is 159 Å². The summed E-state index contributed by atoms with van der Waals surface area (Å²) < 4.78 is 28.2. The third kappa shape index (κ3) is 3.59. The number of hydrogen-bond donors (Lipinski definition) is 1. The molecule has 4 aromatic rings. The van der Waals surface area contributed by atoms with Gasteiger partial charge >= 0.3 is 0 Å². The maximum absolute atomic E-state index is 13.3. The lowest BCUT2D eigenvalue weighted by atomic mass is 10.2. The molecule has 0 atom stereocenters. The number of nitrogens with zero attached hydrogens (tertiary/aromatic N) is 3. The molecule has 4 rings (SSSR count). The van der Waals surface area contributed by atoms with Crippen LogP contribution in [0.1, 0.15) is 10.4 Å². The van der Waals surface area contributed by atoms with Gasteiger partial charge in [0.2, 0.25) is 0 Å². The van der Waals surface area contributed by atoms with Crippen molar-refractivity contribution in [2.24, 2.45) is 0 Å². The Balaban J connectivity index is 1.57. The Morgan fingerprint density at radius 1 is 0.964 bits per heavy atom. The average Bonchev–Trinajstić information content (AvgIpc) is 3.08. The van der Waals surface area contributed by atoms with E-state index in [2.05, 4.69) is 15.3 Å². The zero-order valence-electron chi connectivity index (χ0n) is 14.8. The molecule has 0 spiro atoms. The van der Waals surface area contributed by atoms with E-state index in [9.17, 15) is 13.6 Å². The second-order valence-electron chi connectivity index (χ2n) is 6.20. The van der Waals surface area contributed by atoms with Crippen molar-refractivity contribution in [2.45, 2.75) is 6.54 Å². The van der Waals surface area contributed by atoms with Gasteiger partial charge in [0.05, 0.1) is 0 Å². The predicted octanol–water partition coefficient (Wildman–Crippen LogP) is 3.81. The highest BCUT2D eigenvalue weighted by atomic mass is 19.1. The normalized spacial score (nSPS) is 10.9. The van der Waals surface area contributed by atoms with Crippen molar-refractivity contribution in [3.05, 3.63) is 84.1 Å². The van der Waals surface area contributed by atoms with Crippen molar-refractivity contribution < 1.29 is 13.6 Å². The summed E-state index contributed by atoms with van der Waals surface area (Å²) in [6.45, 7) is 0.750. The van der Waals surface area contributed by atoms with Gasteiger partial charge in [-0.15, -0.1) is 0 Å². The van der Waals surface area contributed by atoms with Crippen molar-refractivity contribution in [1.29, 1.82) is 0 Å². The van der Waals surface area contributed by atoms with E-state index in [4.69, 9.17) is 0 Å². The van der Waals surface area contributed by atoms with Crippen LogP contribution in [0.15, 0.2) is 66.9 Å². The highest BCUT2D eigenvalue weighted by Crippen LogP contribution is 2.23. The van der Waals surface area contributed by atoms with Crippen LogP contribution in [0.3, 0.4) is 0 Å². The molecule has 0 saturated heterocycles. The molecule has 2 aromatic carbocycles. The molecule has 2 aromatic heterocycles. The van der Waals surface area contributed by atoms with Crippen LogP contribution in [0.2, 0.25) is 0 Å². The molecule has 0 aliphatic rings. The van der Waals surface area contributed by atoms with Crippen molar-refractivity contribution in [1.82, 2.24) is 19.9 Å². The SMILES string of the molecule is O=C(NCCn1c(-c2ccc(F)cc2)nc2cccnc21)c1ccc(F)cc1. The fraction of sp³-hybridized carbons (Fsp3) is 0.0952. The number of amides is 1. The largest absolute Gasteiger partial charge is 0.350 e. The number of halogens is 2. The average molecular weight is 378 g/mol. The van der Waals surface area contributed by atoms with Gasteiger partial charge in [0.1, 0.15) is 23.0 Å². The van der Waals surface area contributed by atoms with Gasteiger partial charge in [-0.3, -0.25) is 4.79 Å². The smallest absolute Gasteiger partial charge is 0.251 e. The number of carbonyl (C=O) groups excluding carboxylic acids is 1. The van der Waals surface area contributed by atoms with E-state index in [0.717, 1.165) is 5.56 Å². The molecule has 0 saturated carbocycles. The van der Waals surface area contributed by atoms with Crippen LogP contribution in [-0.4, -0.2) is 27.0 Å². The molecule has 0 unspecified atom stereocenters. The molecule has 0 radical (unpaired) electrons. The van der Waals surface area contributed by atoms with Gasteiger partial charge in [-0.2, -0.15) is 0 Å². The number of carbonyl (C=O) groups is 1. The summed E-state index contributed by atoms with van der Waals surface area (Å²) in [6, 6.07) is 15.1. The molecule has 0 aliphatic carbocycles.